The first-order valence-corrected chi connectivity index (χ1v) is 6.23. The predicted octanol–water partition coefficient (Wildman–Crippen LogP) is 0.681. The molecule has 0 aliphatic carbocycles. The van der Waals surface area contributed by atoms with Gasteiger partial charge >= 0.3 is 0 Å². The largest absolute Gasteiger partial charge is 0.377 e. The van der Waals surface area contributed by atoms with E-state index >= 15 is 0 Å². The molecular weight excluding hydrogens is 216 g/mol. The fourth-order valence-electron chi connectivity index (χ4n) is 2.01. The van der Waals surface area contributed by atoms with E-state index in [0.717, 1.165) is 45.1 Å². The Morgan fingerprint density at radius 2 is 2.47 bits per heavy atom. The maximum atomic E-state index is 5.53. The summed E-state index contributed by atoms with van der Waals surface area (Å²) in [5.74, 6) is 0.944. The molecule has 1 fully saturated rings. The van der Waals surface area contributed by atoms with Gasteiger partial charge in [-0.05, 0) is 13.0 Å². The fraction of sp³-hybridized carbons (Fsp3) is 0.667. The first-order chi connectivity index (χ1) is 8.42. The lowest BCUT2D eigenvalue weighted by molar-refractivity contribution is 0.0933. The summed E-state index contributed by atoms with van der Waals surface area (Å²) < 4.78 is 5.53. The molecule has 5 nitrogen and oxygen atoms in total. The van der Waals surface area contributed by atoms with E-state index in [0.29, 0.717) is 6.04 Å². The molecule has 1 N–H and O–H groups in total. The van der Waals surface area contributed by atoms with Crippen LogP contribution in [0.15, 0.2) is 18.6 Å². The molecule has 0 bridgehead atoms. The number of nitrogens with one attached hydrogen (secondary N) is 1. The zero-order valence-corrected chi connectivity index (χ0v) is 10.3. The second kappa shape index (κ2) is 6.51. The molecule has 2 heterocycles. The maximum absolute atomic E-state index is 5.53. The third kappa shape index (κ3) is 3.38. The van der Waals surface area contributed by atoms with Crippen molar-refractivity contribution >= 4 is 5.82 Å². The molecule has 2 rings (SSSR count). The van der Waals surface area contributed by atoms with E-state index in [1.54, 1.807) is 12.4 Å². The number of rotatable bonds is 5. The van der Waals surface area contributed by atoms with Crippen molar-refractivity contribution in [2.24, 2.45) is 0 Å². The Morgan fingerprint density at radius 3 is 3.24 bits per heavy atom. The molecular formula is C12H20N4O. The Balaban J connectivity index is 1.97. The second-order valence-electron chi connectivity index (χ2n) is 4.19. The van der Waals surface area contributed by atoms with Crippen molar-refractivity contribution in [1.29, 1.82) is 0 Å². The van der Waals surface area contributed by atoms with Gasteiger partial charge in [-0.3, -0.25) is 4.98 Å². The Hall–Kier alpha value is -1.20. The molecule has 1 aromatic heterocycles. The third-order valence-corrected chi connectivity index (χ3v) is 2.88. The Bertz CT molecular complexity index is 320. The quantitative estimate of drug-likeness (QED) is 0.762. The lowest BCUT2D eigenvalue weighted by Crippen LogP contribution is -2.51. The Labute approximate surface area is 102 Å². The van der Waals surface area contributed by atoms with E-state index < -0.39 is 0 Å². The smallest absolute Gasteiger partial charge is 0.147 e. The Kier molecular flexibility index (Phi) is 4.70. The van der Waals surface area contributed by atoms with Crippen LogP contribution < -0.4 is 10.2 Å². The molecule has 0 aromatic carbocycles. The number of hydrogen-bond acceptors (Lipinski definition) is 5. The number of anilines is 1. The van der Waals surface area contributed by atoms with Gasteiger partial charge in [-0.2, -0.15) is 0 Å². The maximum Gasteiger partial charge on any atom is 0.147 e. The van der Waals surface area contributed by atoms with Crippen LogP contribution in [-0.4, -0.2) is 48.9 Å². The van der Waals surface area contributed by atoms with Crippen LogP contribution in [0.4, 0.5) is 5.82 Å². The highest BCUT2D eigenvalue weighted by Crippen LogP contribution is 2.15. The normalized spacial score (nSPS) is 20.5. The number of nitrogens with zero attached hydrogens (tertiary/aromatic N) is 3. The van der Waals surface area contributed by atoms with Gasteiger partial charge in [0.05, 0.1) is 25.5 Å². The summed E-state index contributed by atoms with van der Waals surface area (Å²) in [5, 5.41) is 3.43. The molecule has 0 saturated carbocycles. The standard InChI is InChI=1S/C12H20N4O/c1-2-3-13-8-11-10-17-7-6-16(11)12-9-14-4-5-15-12/h4-5,9,11,13H,2-3,6-8,10H2,1H3. The number of aromatic nitrogens is 2. The molecule has 0 amide bonds. The molecule has 0 radical (unpaired) electrons. The van der Waals surface area contributed by atoms with Crippen LogP contribution in [0, 0.1) is 0 Å². The lowest BCUT2D eigenvalue weighted by Gasteiger charge is -2.36. The summed E-state index contributed by atoms with van der Waals surface area (Å²) in [6.45, 7) is 6.56. The second-order valence-corrected chi connectivity index (χ2v) is 4.19. The summed E-state index contributed by atoms with van der Waals surface area (Å²) in [4.78, 5) is 10.8. The van der Waals surface area contributed by atoms with E-state index in [2.05, 4.69) is 27.1 Å². The SMILES string of the molecule is CCCNCC1COCCN1c1cnccn1. The van der Waals surface area contributed by atoms with Gasteiger partial charge in [0, 0.05) is 25.5 Å². The molecule has 1 aliphatic rings. The van der Waals surface area contributed by atoms with E-state index in [9.17, 15) is 0 Å². The van der Waals surface area contributed by atoms with Gasteiger partial charge in [-0.15, -0.1) is 0 Å². The fourth-order valence-corrected chi connectivity index (χ4v) is 2.01. The highest BCUT2D eigenvalue weighted by Gasteiger charge is 2.23. The van der Waals surface area contributed by atoms with Crippen LogP contribution in [-0.2, 0) is 4.74 Å². The minimum absolute atomic E-state index is 0.354. The predicted molar refractivity (Wildman–Crippen MR) is 67.1 cm³/mol. The minimum Gasteiger partial charge on any atom is -0.377 e. The minimum atomic E-state index is 0.354. The molecule has 1 saturated heterocycles. The molecule has 1 unspecified atom stereocenters. The van der Waals surface area contributed by atoms with Crippen molar-refractivity contribution in [1.82, 2.24) is 15.3 Å². The van der Waals surface area contributed by atoms with Gasteiger partial charge in [0.2, 0.25) is 0 Å². The van der Waals surface area contributed by atoms with Gasteiger partial charge in [0.15, 0.2) is 0 Å². The van der Waals surface area contributed by atoms with Crippen molar-refractivity contribution in [3.63, 3.8) is 0 Å². The van der Waals surface area contributed by atoms with Crippen molar-refractivity contribution in [3.8, 4) is 0 Å². The molecule has 5 heteroatoms. The van der Waals surface area contributed by atoms with Crippen LogP contribution >= 0.6 is 0 Å². The molecule has 1 atom stereocenters. The molecule has 1 aromatic rings. The highest BCUT2D eigenvalue weighted by atomic mass is 16.5. The van der Waals surface area contributed by atoms with Crippen molar-refractivity contribution in [3.05, 3.63) is 18.6 Å². The van der Waals surface area contributed by atoms with Crippen molar-refractivity contribution in [2.75, 3.05) is 37.7 Å². The van der Waals surface area contributed by atoms with E-state index in [1.807, 2.05) is 6.20 Å². The first-order valence-electron chi connectivity index (χ1n) is 6.23. The highest BCUT2D eigenvalue weighted by molar-refractivity contribution is 5.37. The van der Waals surface area contributed by atoms with Crippen LogP contribution in [0.5, 0.6) is 0 Å². The lowest BCUT2D eigenvalue weighted by atomic mass is 10.2. The molecule has 94 valence electrons. The van der Waals surface area contributed by atoms with Crippen molar-refractivity contribution < 1.29 is 4.74 Å². The Morgan fingerprint density at radius 1 is 1.53 bits per heavy atom. The van der Waals surface area contributed by atoms with Gasteiger partial charge < -0.3 is 15.0 Å². The first kappa shape index (κ1) is 12.3. The summed E-state index contributed by atoms with van der Waals surface area (Å²) in [5.41, 5.74) is 0. The number of ether oxygens (including phenoxy) is 1. The zero-order valence-electron chi connectivity index (χ0n) is 10.3. The van der Waals surface area contributed by atoms with E-state index in [-0.39, 0.29) is 0 Å². The van der Waals surface area contributed by atoms with Gasteiger partial charge in [0.1, 0.15) is 5.82 Å². The molecule has 1 aliphatic heterocycles. The monoisotopic (exact) mass is 236 g/mol. The molecule has 0 spiro atoms. The van der Waals surface area contributed by atoms with Crippen molar-refractivity contribution in [2.45, 2.75) is 19.4 Å². The average Bonchev–Trinajstić information content (AvgIpc) is 2.41. The molecule has 17 heavy (non-hydrogen) atoms. The van der Waals surface area contributed by atoms with Gasteiger partial charge in [0.25, 0.3) is 0 Å². The summed E-state index contributed by atoms with van der Waals surface area (Å²) >= 11 is 0. The van der Waals surface area contributed by atoms with Crippen LogP contribution in [0.25, 0.3) is 0 Å². The summed E-state index contributed by atoms with van der Waals surface area (Å²) in [7, 11) is 0. The van der Waals surface area contributed by atoms with E-state index in [1.165, 1.54) is 0 Å². The number of morpholine rings is 1. The summed E-state index contributed by atoms with van der Waals surface area (Å²) in [6, 6.07) is 0.354. The van der Waals surface area contributed by atoms with Crippen LogP contribution in [0.3, 0.4) is 0 Å². The third-order valence-electron chi connectivity index (χ3n) is 2.88. The van der Waals surface area contributed by atoms with Gasteiger partial charge in [-0.1, -0.05) is 6.92 Å². The van der Waals surface area contributed by atoms with Crippen LogP contribution in [0.1, 0.15) is 13.3 Å². The zero-order chi connectivity index (χ0) is 11.9. The topological polar surface area (TPSA) is 50.3 Å². The van der Waals surface area contributed by atoms with Crippen LogP contribution in [0.2, 0.25) is 0 Å². The summed E-state index contributed by atoms with van der Waals surface area (Å²) in [6.07, 6.45) is 6.41. The number of hydrogen-bond donors (Lipinski definition) is 1. The van der Waals surface area contributed by atoms with E-state index in [4.69, 9.17) is 4.74 Å². The average molecular weight is 236 g/mol. The van der Waals surface area contributed by atoms with Gasteiger partial charge in [-0.25, -0.2) is 4.98 Å².